The number of benzene rings is 2. The number of rotatable bonds is 5. The second-order valence-corrected chi connectivity index (χ2v) is 5.48. The van der Waals surface area contributed by atoms with Gasteiger partial charge in [0.15, 0.2) is 6.61 Å². The number of carbonyl (C=O) groups excluding carboxylic acids is 2. The summed E-state index contributed by atoms with van der Waals surface area (Å²) in [6.45, 7) is -0.456. The van der Waals surface area contributed by atoms with Gasteiger partial charge in [-0.05, 0) is 48.0 Å². The van der Waals surface area contributed by atoms with E-state index >= 15 is 0 Å². The molecule has 124 valence electrons. The zero-order valence-electron chi connectivity index (χ0n) is 12.3. The summed E-state index contributed by atoms with van der Waals surface area (Å²) in [5, 5.41) is 3.25. The number of nitrogens with one attached hydrogen (secondary N) is 1. The van der Waals surface area contributed by atoms with Gasteiger partial charge in [0, 0.05) is 11.8 Å². The number of hydrogen-bond acceptors (Lipinski definition) is 3. The second kappa shape index (κ2) is 8.47. The molecule has 0 aliphatic rings. The lowest BCUT2D eigenvalue weighted by Crippen LogP contribution is -2.20. The summed E-state index contributed by atoms with van der Waals surface area (Å²) in [6, 6.07) is 10.1. The highest BCUT2D eigenvalue weighted by Gasteiger charge is 2.06. The highest BCUT2D eigenvalue weighted by molar-refractivity contribution is 6.42. The van der Waals surface area contributed by atoms with E-state index in [0.29, 0.717) is 21.3 Å². The fourth-order valence-electron chi connectivity index (χ4n) is 1.70. The summed E-state index contributed by atoms with van der Waals surface area (Å²) in [7, 11) is 0. The van der Waals surface area contributed by atoms with Crippen molar-refractivity contribution in [1.82, 2.24) is 0 Å². The van der Waals surface area contributed by atoms with Crippen LogP contribution in [0.4, 0.5) is 10.1 Å². The van der Waals surface area contributed by atoms with Crippen molar-refractivity contribution in [2.45, 2.75) is 0 Å². The van der Waals surface area contributed by atoms with Gasteiger partial charge in [-0.3, -0.25) is 4.79 Å². The standard InChI is InChI=1S/C17H12Cl2FNO3/c18-14-7-1-11(9-15(14)19)2-8-17(23)24-10-16(22)21-13-5-3-12(20)4-6-13/h1-9H,10H2,(H,21,22)/b8-2+. The van der Waals surface area contributed by atoms with E-state index in [1.165, 1.54) is 36.4 Å². The molecule has 0 saturated carbocycles. The van der Waals surface area contributed by atoms with Gasteiger partial charge in [-0.1, -0.05) is 29.3 Å². The molecule has 1 N–H and O–H groups in total. The fraction of sp³-hybridized carbons (Fsp3) is 0.0588. The molecule has 0 aromatic heterocycles. The Labute approximate surface area is 147 Å². The first-order valence-corrected chi connectivity index (χ1v) is 7.55. The van der Waals surface area contributed by atoms with Crippen molar-refractivity contribution >= 4 is 46.8 Å². The molecule has 1 amide bonds. The summed E-state index contributed by atoms with van der Waals surface area (Å²) < 4.78 is 17.5. The SMILES string of the molecule is O=C(COC(=O)/C=C/c1ccc(Cl)c(Cl)c1)Nc1ccc(F)cc1. The van der Waals surface area contributed by atoms with E-state index in [-0.39, 0.29) is 0 Å². The molecule has 0 unspecified atom stereocenters. The molecule has 2 aromatic rings. The first-order valence-electron chi connectivity index (χ1n) is 6.79. The molecule has 24 heavy (non-hydrogen) atoms. The van der Waals surface area contributed by atoms with Crippen molar-refractivity contribution in [1.29, 1.82) is 0 Å². The third-order valence-corrected chi connectivity index (χ3v) is 3.57. The van der Waals surface area contributed by atoms with Gasteiger partial charge in [0.2, 0.25) is 0 Å². The molecule has 0 fully saturated rings. The number of ether oxygens (including phenoxy) is 1. The van der Waals surface area contributed by atoms with Crippen molar-refractivity contribution in [2.75, 3.05) is 11.9 Å². The Kier molecular flexibility index (Phi) is 6.35. The number of hydrogen-bond donors (Lipinski definition) is 1. The number of halogens is 3. The second-order valence-electron chi connectivity index (χ2n) is 4.67. The van der Waals surface area contributed by atoms with Crippen LogP contribution in [0.1, 0.15) is 5.56 Å². The Balaban J connectivity index is 1.81. The minimum absolute atomic E-state index is 0.367. The van der Waals surface area contributed by atoms with Crippen LogP contribution in [0.15, 0.2) is 48.5 Å². The summed E-state index contributed by atoms with van der Waals surface area (Å²) in [5.41, 5.74) is 1.07. The maximum atomic E-state index is 12.7. The molecule has 0 heterocycles. The lowest BCUT2D eigenvalue weighted by atomic mass is 10.2. The molecular formula is C17H12Cl2FNO3. The van der Waals surface area contributed by atoms with Crippen molar-refractivity contribution in [2.24, 2.45) is 0 Å². The van der Waals surface area contributed by atoms with Crippen LogP contribution in [-0.2, 0) is 14.3 Å². The molecule has 0 atom stereocenters. The van der Waals surface area contributed by atoms with Crippen LogP contribution in [0.25, 0.3) is 6.08 Å². The van der Waals surface area contributed by atoms with E-state index in [4.69, 9.17) is 27.9 Å². The minimum Gasteiger partial charge on any atom is -0.452 e. The maximum Gasteiger partial charge on any atom is 0.331 e. The van der Waals surface area contributed by atoms with Crippen LogP contribution in [0.3, 0.4) is 0 Å². The maximum absolute atomic E-state index is 12.7. The van der Waals surface area contributed by atoms with Gasteiger partial charge < -0.3 is 10.1 Å². The molecule has 0 spiro atoms. The van der Waals surface area contributed by atoms with E-state index in [1.54, 1.807) is 18.2 Å². The van der Waals surface area contributed by atoms with Crippen molar-refractivity contribution in [3.05, 3.63) is 70.0 Å². The molecule has 0 bridgehead atoms. The Bertz CT molecular complexity index is 776. The van der Waals surface area contributed by atoms with E-state index in [0.717, 1.165) is 0 Å². The van der Waals surface area contributed by atoms with Gasteiger partial charge in [0.1, 0.15) is 5.82 Å². The monoisotopic (exact) mass is 367 g/mol. The van der Waals surface area contributed by atoms with Gasteiger partial charge in [0.25, 0.3) is 5.91 Å². The molecule has 0 radical (unpaired) electrons. The van der Waals surface area contributed by atoms with E-state index < -0.39 is 24.3 Å². The van der Waals surface area contributed by atoms with Crippen LogP contribution < -0.4 is 5.32 Å². The number of amides is 1. The Morgan fingerprint density at radius 1 is 1.08 bits per heavy atom. The quantitative estimate of drug-likeness (QED) is 0.632. The molecule has 0 aliphatic carbocycles. The molecular weight excluding hydrogens is 356 g/mol. The summed E-state index contributed by atoms with van der Waals surface area (Å²) >= 11 is 11.7. The van der Waals surface area contributed by atoms with Crippen molar-refractivity contribution in [3.63, 3.8) is 0 Å². The van der Waals surface area contributed by atoms with Gasteiger partial charge in [-0.15, -0.1) is 0 Å². The van der Waals surface area contributed by atoms with E-state index in [9.17, 15) is 14.0 Å². The van der Waals surface area contributed by atoms with E-state index in [2.05, 4.69) is 5.32 Å². The average molecular weight is 368 g/mol. The normalized spacial score (nSPS) is 10.6. The zero-order chi connectivity index (χ0) is 17.5. The molecule has 4 nitrogen and oxygen atoms in total. The van der Waals surface area contributed by atoms with Gasteiger partial charge in [-0.25, -0.2) is 9.18 Å². The predicted octanol–water partition coefficient (Wildman–Crippen LogP) is 4.33. The molecule has 2 aromatic carbocycles. The predicted molar refractivity (Wildman–Crippen MR) is 91.5 cm³/mol. The van der Waals surface area contributed by atoms with Crippen LogP contribution in [-0.4, -0.2) is 18.5 Å². The number of carbonyl (C=O) groups is 2. The summed E-state index contributed by atoms with van der Waals surface area (Å²) in [4.78, 5) is 23.2. The molecule has 2 rings (SSSR count). The Morgan fingerprint density at radius 3 is 2.46 bits per heavy atom. The average Bonchev–Trinajstić information content (AvgIpc) is 2.56. The van der Waals surface area contributed by atoms with Crippen LogP contribution in [0.2, 0.25) is 10.0 Å². The lowest BCUT2D eigenvalue weighted by Gasteiger charge is -2.05. The first kappa shape index (κ1) is 18.0. The third-order valence-electron chi connectivity index (χ3n) is 2.83. The molecule has 0 aliphatic heterocycles. The highest BCUT2D eigenvalue weighted by Crippen LogP contribution is 2.23. The zero-order valence-corrected chi connectivity index (χ0v) is 13.8. The van der Waals surface area contributed by atoms with Crippen molar-refractivity contribution < 1.29 is 18.7 Å². The lowest BCUT2D eigenvalue weighted by molar-refractivity contribution is -0.142. The van der Waals surface area contributed by atoms with Crippen LogP contribution in [0.5, 0.6) is 0 Å². The largest absolute Gasteiger partial charge is 0.452 e. The van der Waals surface area contributed by atoms with E-state index in [1.807, 2.05) is 0 Å². The van der Waals surface area contributed by atoms with Gasteiger partial charge >= 0.3 is 5.97 Å². The first-order chi connectivity index (χ1) is 11.4. The Morgan fingerprint density at radius 2 is 1.79 bits per heavy atom. The smallest absolute Gasteiger partial charge is 0.331 e. The van der Waals surface area contributed by atoms with Gasteiger partial charge in [-0.2, -0.15) is 0 Å². The number of anilines is 1. The minimum atomic E-state index is -0.685. The number of esters is 1. The highest BCUT2D eigenvalue weighted by atomic mass is 35.5. The molecule has 7 heteroatoms. The van der Waals surface area contributed by atoms with Crippen LogP contribution in [0, 0.1) is 5.82 Å². The van der Waals surface area contributed by atoms with Gasteiger partial charge in [0.05, 0.1) is 10.0 Å². The summed E-state index contributed by atoms with van der Waals surface area (Å²) in [6.07, 6.45) is 2.66. The van der Waals surface area contributed by atoms with Crippen molar-refractivity contribution in [3.8, 4) is 0 Å². The fourth-order valence-corrected chi connectivity index (χ4v) is 2.00. The van der Waals surface area contributed by atoms with Crippen LogP contribution >= 0.6 is 23.2 Å². The third kappa shape index (κ3) is 5.68. The summed E-state index contributed by atoms with van der Waals surface area (Å²) in [5.74, 6) is -1.62. The Hall–Kier alpha value is -2.37. The topological polar surface area (TPSA) is 55.4 Å². The molecule has 0 saturated heterocycles.